The summed E-state index contributed by atoms with van der Waals surface area (Å²) in [6.45, 7) is 1.28. The predicted octanol–water partition coefficient (Wildman–Crippen LogP) is -0.0759. The average Bonchev–Trinajstić information content (AvgIpc) is 2.71. The zero-order valence-electron chi connectivity index (χ0n) is 7.97. The number of aliphatic imine (C=N–C) groups is 1. The number of sulfonamides is 1. The largest absolute Gasteiger partial charge is 0.354 e. The van der Waals surface area contributed by atoms with Crippen LogP contribution >= 0.6 is 0 Å². The fraction of sp³-hybridized carbons (Fsp3) is 0.222. The Morgan fingerprint density at radius 3 is 2.60 bits per heavy atom. The molecule has 5 nitrogen and oxygen atoms in total. The lowest BCUT2D eigenvalue weighted by molar-refractivity contribution is 0.592. The molecule has 0 radical (unpaired) electrons. The maximum absolute atomic E-state index is 11.8. The average molecular weight is 225 g/mol. The molecule has 1 aromatic carbocycles. The van der Waals surface area contributed by atoms with Gasteiger partial charge in [0.1, 0.15) is 0 Å². The van der Waals surface area contributed by atoms with Crippen molar-refractivity contribution in [3.05, 3.63) is 30.3 Å². The van der Waals surface area contributed by atoms with E-state index < -0.39 is 10.0 Å². The molecule has 2 N–H and O–H groups in total. The van der Waals surface area contributed by atoms with E-state index in [0.29, 0.717) is 19.0 Å². The Bertz CT molecular complexity index is 467. The van der Waals surface area contributed by atoms with Crippen molar-refractivity contribution in [2.24, 2.45) is 4.99 Å². The SMILES string of the molecule is O=S(=O)(NC1=NCCN1)c1ccccc1. The van der Waals surface area contributed by atoms with E-state index in [4.69, 9.17) is 0 Å². The van der Waals surface area contributed by atoms with Crippen molar-refractivity contribution >= 4 is 16.0 Å². The third-order valence-electron chi connectivity index (χ3n) is 1.96. The van der Waals surface area contributed by atoms with Crippen LogP contribution in [0.15, 0.2) is 40.2 Å². The first kappa shape index (κ1) is 9.97. The number of rotatable bonds is 2. The van der Waals surface area contributed by atoms with Crippen LogP contribution in [0.2, 0.25) is 0 Å². The van der Waals surface area contributed by atoms with Crippen LogP contribution in [0, 0.1) is 0 Å². The summed E-state index contributed by atoms with van der Waals surface area (Å²) in [4.78, 5) is 4.20. The summed E-state index contributed by atoms with van der Waals surface area (Å²) < 4.78 is 25.9. The molecule has 1 aliphatic rings. The zero-order valence-corrected chi connectivity index (χ0v) is 8.79. The first-order valence-corrected chi connectivity index (χ1v) is 6.03. The molecule has 0 unspecified atom stereocenters. The van der Waals surface area contributed by atoms with Gasteiger partial charge in [0.25, 0.3) is 10.0 Å². The monoisotopic (exact) mass is 225 g/mol. The van der Waals surface area contributed by atoms with Crippen LogP contribution in [0.1, 0.15) is 0 Å². The van der Waals surface area contributed by atoms with Crippen LogP contribution in [0.5, 0.6) is 0 Å². The van der Waals surface area contributed by atoms with Gasteiger partial charge in [-0.15, -0.1) is 0 Å². The van der Waals surface area contributed by atoms with Gasteiger partial charge in [-0.3, -0.25) is 4.99 Å². The summed E-state index contributed by atoms with van der Waals surface area (Å²) in [6, 6.07) is 8.21. The fourth-order valence-corrected chi connectivity index (χ4v) is 2.28. The lowest BCUT2D eigenvalue weighted by Crippen LogP contribution is -2.38. The molecule has 0 fully saturated rings. The van der Waals surface area contributed by atoms with E-state index in [2.05, 4.69) is 15.0 Å². The van der Waals surface area contributed by atoms with Gasteiger partial charge in [0.05, 0.1) is 11.4 Å². The molecule has 80 valence electrons. The minimum Gasteiger partial charge on any atom is -0.354 e. The molecule has 0 aromatic heterocycles. The molecule has 0 atom stereocenters. The van der Waals surface area contributed by atoms with Crippen LogP contribution in [0.25, 0.3) is 0 Å². The molecule has 0 spiro atoms. The Kier molecular flexibility index (Phi) is 2.59. The molecule has 2 rings (SSSR count). The molecule has 0 amide bonds. The van der Waals surface area contributed by atoms with Gasteiger partial charge in [0.2, 0.25) is 5.96 Å². The molecule has 1 aliphatic heterocycles. The number of guanidine groups is 1. The number of hydrogen-bond donors (Lipinski definition) is 2. The van der Waals surface area contributed by atoms with Gasteiger partial charge >= 0.3 is 0 Å². The molecule has 0 saturated heterocycles. The molecule has 6 heteroatoms. The van der Waals surface area contributed by atoms with Crippen LogP contribution in [0.3, 0.4) is 0 Å². The quantitative estimate of drug-likeness (QED) is 0.740. The first-order valence-electron chi connectivity index (χ1n) is 4.55. The number of hydrogen-bond acceptors (Lipinski definition) is 4. The Morgan fingerprint density at radius 2 is 2.00 bits per heavy atom. The summed E-state index contributed by atoms with van der Waals surface area (Å²) in [7, 11) is -3.49. The first-order chi connectivity index (χ1) is 7.18. The van der Waals surface area contributed by atoms with Crippen molar-refractivity contribution in [3.63, 3.8) is 0 Å². The Morgan fingerprint density at radius 1 is 1.27 bits per heavy atom. The molecule has 0 aliphatic carbocycles. The summed E-state index contributed by atoms with van der Waals surface area (Å²) >= 11 is 0. The summed E-state index contributed by atoms with van der Waals surface area (Å²) in [6.07, 6.45) is 0. The highest BCUT2D eigenvalue weighted by Gasteiger charge is 2.16. The molecule has 0 bridgehead atoms. The normalized spacial score (nSPS) is 15.6. The summed E-state index contributed by atoms with van der Waals surface area (Å²) in [5, 5.41) is 2.84. The summed E-state index contributed by atoms with van der Waals surface area (Å²) in [5.41, 5.74) is 0. The van der Waals surface area contributed by atoms with Gasteiger partial charge in [-0.1, -0.05) is 18.2 Å². The molecule has 1 heterocycles. The van der Waals surface area contributed by atoms with Crippen molar-refractivity contribution in [1.82, 2.24) is 10.0 Å². The second-order valence-electron chi connectivity index (χ2n) is 3.08. The van der Waals surface area contributed by atoms with Crippen molar-refractivity contribution in [1.29, 1.82) is 0 Å². The van der Waals surface area contributed by atoms with Gasteiger partial charge in [0.15, 0.2) is 0 Å². The van der Waals surface area contributed by atoms with E-state index >= 15 is 0 Å². The van der Waals surface area contributed by atoms with E-state index in [-0.39, 0.29) is 4.90 Å². The Hall–Kier alpha value is -1.56. The number of benzene rings is 1. The highest BCUT2D eigenvalue weighted by Crippen LogP contribution is 2.06. The van der Waals surface area contributed by atoms with Gasteiger partial charge in [-0.2, -0.15) is 0 Å². The van der Waals surface area contributed by atoms with Crippen LogP contribution in [-0.4, -0.2) is 27.5 Å². The van der Waals surface area contributed by atoms with Gasteiger partial charge in [0, 0.05) is 6.54 Å². The molecular formula is C9H11N3O2S. The maximum Gasteiger partial charge on any atom is 0.264 e. The summed E-state index contributed by atoms with van der Waals surface area (Å²) in [5.74, 6) is 0.318. The lowest BCUT2D eigenvalue weighted by Gasteiger charge is -2.07. The third kappa shape index (κ3) is 2.27. The highest BCUT2D eigenvalue weighted by molar-refractivity contribution is 7.90. The number of nitrogens with one attached hydrogen (secondary N) is 2. The second kappa shape index (κ2) is 3.90. The van der Waals surface area contributed by atoms with Crippen LogP contribution < -0.4 is 10.0 Å². The maximum atomic E-state index is 11.8. The van der Waals surface area contributed by atoms with Crippen molar-refractivity contribution in [2.75, 3.05) is 13.1 Å². The van der Waals surface area contributed by atoms with E-state index in [0.717, 1.165) is 0 Å². The smallest absolute Gasteiger partial charge is 0.264 e. The van der Waals surface area contributed by atoms with Crippen molar-refractivity contribution < 1.29 is 8.42 Å². The number of nitrogens with zero attached hydrogens (tertiary/aromatic N) is 1. The van der Waals surface area contributed by atoms with E-state index in [1.165, 1.54) is 12.1 Å². The second-order valence-corrected chi connectivity index (χ2v) is 4.76. The standard InChI is InChI=1S/C9H11N3O2S/c13-15(14,8-4-2-1-3-5-8)12-9-10-6-7-11-9/h1-5H,6-7H2,(H2,10,11,12). The minimum absolute atomic E-state index is 0.237. The van der Waals surface area contributed by atoms with Crippen LogP contribution in [0.4, 0.5) is 0 Å². The van der Waals surface area contributed by atoms with Gasteiger partial charge in [-0.25, -0.2) is 13.1 Å². The zero-order chi connectivity index (χ0) is 10.7. The van der Waals surface area contributed by atoms with E-state index in [1.807, 2.05) is 0 Å². The topological polar surface area (TPSA) is 70.6 Å². The van der Waals surface area contributed by atoms with Crippen molar-refractivity contribution in [2.45, 2.75) is 4.90 Å². The fourth-order valence-electron chi connectivity index (χ4n) is 1.25. The minimum atomic E-state index is -3.49. The molecule has 15 heavy (non-hydrogen) atoms. The molecular weight excluding hydrogens is 214 g/mol. The highest BCUT2D eigenvalue weighted by atomic mass is 32.2. The van der Waals surface area contributed by atoms with Crippen LogP contribution in [-0.2, 0) is 10.0 Å². The van der Waals surface area contributed by atoms with Gasteiger partial charge < -0.3 is 5.32 Å². The van der Waals surface area contributed by atoms with E-state index in [1.54, 1.807) is 18.2 Å². The molecule has 1 aromatic rings. The van der Waals surface area contributed by atoms with E-state index in [9.17, 15) is 8.42 Å². The lowest BCUT2D eigenvalue weighted by atomic mass is 10.4. The third-order valence-corrected chi connectivity index (χ3v) is 3.31. The van der Waals surface area contributed by atoms with Crippen molar-refractivity contribution in [3.8, 4) is 0 Å². The Labute approximate surface area is 88.3 Å². The molecule has 0 saturated carbocycles. The Balaban J connectivity index is 2.21. The van der Waals surface area contributed by atoms with Gasteiger partial charge in [-0.05, 0) is 12.1 Å². The predicted molar refractivity (Wildman–Crippen MR) is 57.1 cm³/mol.